The molecule has 1 aromatic heterocycles. The molecule has 0 aliphatic carbocycles. The fraction of sp³-hybridized carbons (Fsp3) is 0.292. The first-order valence-electron chi connectivity index (χ1n) is 10.5. The van der Waals surface area contributed by atoms with E-state index in [0.717, 1.165) is 23.4 Å². The lowest BCUT2D eigenvalue weighted by atomic mass is 10.0. The van der Waals surface area contributed by atoms with Gasteiger partial charge < -0.3 is 10.6 Å². The smallest absolute Gasteiger partial charge is 0.237 e. The first kappa shape index (κ1) is 21.2. The van der Waals surface area contributed by atoms with E-state index in [0.29, 0.717) is 26.1 Å². The minimum Gasteiger partial charge on any atom is -0.356 e. The van der Waals surface area contributed by atoms with E-state index >= 15 is 0 Å². The summed E-state index contributed by atoms with van der Waals surface area (Å²) in [6, 6.07) is 18.2. The van der Waals surface area contributed by atoms with E-state index in [1.54, 1.807) is 16.8 Å². The van der Waals surface area contributed by atoms with Gasteiger partial charge in [-0.25, -0.2) is 4.98 Å². The molecule has 1 fully saturated rings. The van der Waals surface area contributed by atoms with Crippen LogP contribution in [-0.2, 0) is 22.6 Å². The third kappa shape index (κ3) is 5.77. The van der Waals surface area contributed by atoms with Gasteiger partial charge in [-0.2, -0.15) is 0 Å². The Hall–Kier alpha value is -3.03. The number of carbonyl (C=O) groups is 2. The molecule has 1 unspecified atom stereocenters. The Kier molecular flexibility index (Phi) is 7.07. The summed E-state index contributed by atoms with van der Waals surface area (Å²) in [5.74, 6) is -0.191. The van der Waals surface area contributed by atoms with Gasteiger partial charge in [-0.3, -0.25) is 14.5 Å². The predicted molar refractivity (Wildman–Crippen MR) is 123 cm³/mol. The number of nitrogens with one attached hydrogen (secondary N) is 2. The lowest BCUT2D eigenvalue weighted by molar-refractivity contribution is -0.134. The summed E-state index contributed by atoms with van der Waals surface area (Å²) in [4.78, 5) is 31.3. The van der Waals surface area contributed by atoms with Crippen molar-refractivity contribution in [3.05, 3.63) is 76.7 Å². The normalized spacial score (nSPS) is 16.6. The first-order chi connectivity index (χ1) is 15.2. The average Bonchev–Trinajstić information content (AvgIpc) is 3.31. The number of amides is 2. The predicted octanol–water partition coefficient (Wildman–Crippen LogP) is 2.86. The van der Waals surface area contributed by atoms with E-state index in [2.05, 4.69) is 56.9 Å². The van der Waals surface area contributed by atoms with Crippen LogP contribution >= 0.6 is 11.3 Å². The molecule has 3 aromatic rings. The van der Waals surface area contributed by atoms with Gasteiger partial charge in [0.2, 0.25) is 11.8 Å². The molecular weight excluding hydrogens is 408 g/mol. The van der Waals surface area contributed by atoms with Crippen molar-refractivity contribution in [1.82, 2.24) is 20.5 Å². The Labute approximate surface area is 186 Å². The number of carbonyl (C=O) groups excluding carboxylic acids is 2. The molecule has 160 valence electrons. The SMILES string of the molecule is O=C(CC1C(=O)NCCN1Cc1ccc(-c2ccccc2)cc1)NCCc1cscn1. The molecule has 2 amide bonds. The maximum atomic E-state index is 12.5. The topological polar surface area (TPSA) is 74.3 Å². The second-order valence-corrected chi connectivity index (χ2v) is 8.34. The lowest BCUT2D eigenvalue weighted by Crippen LogP contribution is -2.56. The van der Waals surface area contributed by atoms with Crippen molar-refractivity contribution in [2.45, 2.75) is 25.4 Å². The summed E-state index contributed by atoms with van der Waals surface area (Å²) in [6.07, 6.45) is 0.856. The second kappa shape index (κ2) is 10.3. The minimum absolute atomic E-state index is 0.0817. The van der Waals surface area contributed by atoms with Crippen LogP contribution in [0.15, 0.2) is 65.5 Å². The number of piperazine rings is 1. The summed E-state index contributed by atoms with van der Waals surface area (Å²) < 4.78 is 0. The van der Waals surface area contributed by atoms with Crippen molar-refractivity contribution >= 4 is 23.2 Å². The monoisotopic (exact) mass is 434 g/mol. The van der Waals surface area contributed by atoms with Crippen LogP contribution in [0.1, 0.15) is 17.7 Å². The molecule has 1 aliphatic heterocycles. The van der Waals surface area contributed by atoms with Gasteiger partial charge in [-0.1, -0.05) is 54.6 Å². The Morgan fingerprint density at radius 3 is 2.65 bits per heavy atom. The molecule has 0 spiro atoms. The summed E-state index contributed by atoms with van der Waals surface area (Å²) in [7, 11) is 0. The molecule has 1 saturated heterocycles. The number of thiazole rings is 1. The maximum Gasteiger partial charge on any atom is 0.237 e. The molecular formula is C24H26N4O2S. The molecule has 0 radical (unpaired) electrons. The highest BCUT2D eigenvalue weighted by molar-refractivity contribution is 7.07. The molecule has 4 rings (SSSR count). The van der Waals surface area contributed by atoms with Crippen LogP contribution in [0.4, 0.5) is 0 Å². The van der Waals surface area contributed by atoms with Crippen molar-refractivity contribution in [3.63, 3.8) is 0 Å². The van der Waals surface area contributed by atoms with Gasteiger partial charge in [-0.05, 0) is 16.7 Å². The fourth-order valence-corrected chi connectivity index (χ4v) is 4.37. The largest absolute Gasteiger partial charge is 0.356 e. The maximum absolute atomic E-state index is 12.5. The van der Waals surface area contributed by atoms with Crippen LogP contribution in [0.3, 0.4) is 0 Å². The van der Waals surface area contributed by atoms with E-state index in [1.165, 1.54) is 5.56 Å². The van der Waals surface area contributed by atoms with Crippen molar-refractivity contribution < 1.29 is 9.59 Å². The third-order valence-electron chi connectivity index (χ3n) is 5.45. The lowest BCUT2D eigenvalue weighted by Gasteiger charge is -2.34. The average molecular weight is 435 g/mol. The molecule has 6 nitrogen and oxygen atoms in total. The Bertz CT molecular complexity index is 990. The number of nitrogens with zero attached hydrogens (tertiary/aromatic N) is 2. The summed E-state index contributed by atoms with van der Waals surface area (Å²) >= 11 is 1.54. The standard InChI is InChI=1S/C24H26N4O2S/c29-23(25-11-10-21-16-31-17-27-21)14-22-24(30)26-12-13-28(22)15-18-6-8-20(9-7-18)19-4-2-1-3-5-19/h1-9,16-17,22H,10-15H2,(H,25,29)(H,26,30). The molecule has 0 bridgehead atoms. The van der Waals surface area contributed by atoms with Crippen LogP contribution < -0.4 is 10.6 Å². The summed E-state index contributed by atoms with van der Waals surface area (Å²) in [5, 5.41) is 7.79. The fourth-order valence-electron chi connectivity index (χ4n) is 3.78. The molecule has 1 atom stereocenters. The number of aromatic nitrogens is 1. The van der Waals surface area contributed by atoms with Crippen LogP contribution in [0, 0.1) is 0 Å². The van der Waals surface area contributed by atoms with Crippen LogP contribution in [-0.4, -0.2) is 47.4 Å². The minimum atomic E-state index is -0.457. The molecule has 7 heteroatoms. The highest BCUT2D eigenvalue weighted by atomic mass is 32.1. The highest BCUT2D eigenvalue weighted by Gasteiger charge is 2.31. The molecule has 2 N–H and O–H groups in total. The van der Waals surface area contributed by atoms with E-state index < -0.39 is 6.04 Å². The third-order valence-corrected chi connectivity index (χ3v) is 6.09. The van der Waals surface area contributed by atoms with Gasteiger partial charge in [-0.15, -0.1) is 11.3 Å². The zero-order valence-corrected chi connectivity index (χ0v) is 18.1. The number of benzene rings is 2. The number of hydrogen-bond donors (Lipinski definition) is 2. The first-order valence-corrected chi connectivity index (χ1v) is 11.4. The van der Waals surface area contributed by atoms with E-state index in [-0.39, 0.29) is 18.2 Å². The van der Waals surface area contributed by atoms with Crippen molar-refractivity contribution in [1.29, 1.82) is 0 Å². The Morgan fingerprint density at radius 2 is 1.90 bits per heavy atom. The zero-order valence-electron chi connectivity index (χ0n) is 17.3. The van der Waals surface area contributed by atoms with Gasteiger partial charge in [0.1, 0.15) is 0 Å². The van der Waals surface area contributed by atoms with Crippen LogP contribution in [0.25, 0.3) is 11.1 Å². The molecule has 2 heterocycles. The van der Waals surface area contributed by atoms with Crippen molar-refractivity contribution in [2.75, 3.05) is 19.6 Å². The highest BCUT2D eigenvalue weighted by Crippen LogP contribution is 2.21. The second-order valence-electron chi connectivity index (χ2n) is 7.62. The Balaban J connectivity index is 1.34. The van der Waals surface area contributed by atoms with Gasteiger partial charge >= 0.3 is 0 Å². The van der Waals surface area contributed by atoms with Gasteiger partial charge in [0.05, 0.1) is 23.7 Å². The molecule has 0 saturated carbocycles. The van der Waals surface area contributed by atoms with Crippen molar-refractivity contribution in [2.24, 2.45) is 0 Å². The Morgan fingerprint density at radius 1 is 1.13 bits per heavy atom. The quantitative estimate of drug-likeness (QED) is 0.572. The van der Waals surface area contributed by atoms with E-state index in [9.17, 15) is 9.59 Å². The molecule has 2 aromatic carbocycles. The van der Waals surface area contributed by atoms with Gasteiger partial charge in [0.25, 0.3) is 0 Å². The van der Waals surface area contributed by atoms with E-state index in [4.69, 9.17) is 0 Å². The van der Waals surface area contributed by atoms with Crippen LogP contribution in [0.5, 0.6) is 0 Å². The molecule has 1 aliphatic rings. The van der Waals surface area contributed by atoms with Gasteiger partial charge in [0.15, 0.2) is 0 Å². The van der Waals surface area contributed by atoms with E-state index in [1.807, 2.05) is 23.6 Å². The number of rotatable bonds is 8. The zero-order chi connectivity index (χ0) is 21.5. The summed E-state index contributed by atoms with van der Waals surface area (Å²) in [5.41, 5.74) is 6.23. The van der Waals surface area contributed by atoms with Crippen LogP contribution in [0.2, 0.25) is 0 Å². The van der Waals surface area contributed by atoms with Crippen molar-refractivity contribution in [3.8, 4) is 11.1 Å². The summed E-state index contributed by atoms with van der Waals surface area (Å²) in [6.45, 7) is 2.49. The molecule has 31 heavy (non-hydrogen) atoms. The van der Waals surface area contributed by atoms with Gasteiger partial charge in [0, 0.05) is 38.0 Å². The number of hydrogen-bond acceptors (Lipinski definition) is 5.